The van der Waals surface area contributed by atoms with Crippen molar-refractivity contribution < 1.29 is 9.50 Å². The van der Waals surface area contributed by atoms with Gasteiger partial charge in [0.1, 0.15) is 17.6 Å². The van der Waals surface area contributed by atoms with Crippen LogP contribution in [0.2, 0.25) is 0 Å². The van der Waals surface area contributed by atoms with Crippen molar-refractivity contribution in [1.29, 1.82) is 0 Å². The van der Waals surface area contributed by atoms with E-state index in [9.17, 15) is 9.50 Å². The van der Waals surface area contributed by atoms with Crippen LogP contribution in [0.15, 0.2) is 60.8 Å². The highest BCUT2D eigenvalue weighted by Crippen LogP contribution is 2.22. The molecule has 0 saturated carbocycles. The first-order valence-corrected chi connectivity index (χ1v) is 6.62. The first-order valence-electron chi connectivity index (χ1n) is 6.62. The van der Waals surface area contributed by atoms with Gasteiger partial charge in [-0.1, -0.05) is 47.7 Å². The summed E-state index contributed by atoms with van der Waals surface area (Å²) >= 11 is 0. The first kappa shape index (κ1) is 13.5. The van der Waals surface area contributed by atoms with Crippen LogP contribution in [-0.4, -0.2) is 26.7 Å². The number of aromatic nitrogens is 3. The van der Waals surface area contributed by atoms with Gasteiger partial charge < -0.3 is 5.11 Å². The second-order valence-corrected chi connectivity index (χ2v) is 4.67. The van der Waals surface area contributed by atoms with Crippen molar-refractivity contribution in [3.8, 4) is 11.3 Å². The second kappa shape index (κ2) is 5.85. The monoisotopic (exact) mass is 283 g/mol. The molecule has 3 rings (SSSR count). The lowest BCUT2D eigenvalue weighted by Gasteiger charge is -2.14. The molecule has 1 aromatic heterocycles. The van der Waals surface area contributed by atoms with Crippen LogP contribution in [0, 0.1) is 5.82 Å². The molecule has 0 fully saturated rings. The number of nitrogens with zero attached hydrogens (tertiary/aromatic N) is 3. The van der Waals surface area contributed by atoms with Crippen molar-refractivity contribution in [3.63, 3.8) is 0 Å². The summed E-state index contributed by atoms with van der Waals surface area (Å²) in [7, 11) is 0. The normalized spacial score (nSPS) is 12.3. The maximum atomic E-state index is 13.8. The minimum Gasteiger partial charge on any atom is -0.394 e. The molecule has 1 heterocycles. The number of aliphatic hydroxyl groups is 1. The van der Waals surface area contributed by atoms with Gasteiger partial charge in [-0.05, 0) is 17.7 Å². The zero-order valence-corrected chi connectivity index (χ0v) is 11.2. The van der Waals surface area contributed by atoms with Crippen molar-refractivity contribution in [2.45, 2.75) is 6.04 Å². The van der Waals surface area contributed by atoms with Crippen molar-refractivity contribution in [3.05, 3.63) is 72.2 Å². The molecule has 5 heteroatoms. The van der Waals surface area contributed by atoms with Crippen LogP contribution in [0.25, 0.3) is 11.3 Å². The van der Waals surface area contributed by atoms with E-state index in [2.05, 4.69) is 10.3 Å². The fourth-order valence-corrected chi connectivity index (χ4v) is 2.24. The average molecular weight is 283 g/mol. The molecular weight excluding hydrogens is 269 g/mol. The number of rotatable bonds is 4. The van der Waals surface area contributed by atoms with Gasteiger partial charge in [0.2, 0.25) is 0 Å². The van der Waals surface area contributed by atoms with Crippen LogP contribution in [0.1, 0.15) is 11.6 Å². The molecule has 1 atom stereocenters. The van der Waals surface area contributed by atoms with Gasteiger partial charge in [-0.2, -0.15) is 0 Å². The van der Waals surface area contributed by atoms with Crippen LogP contribution >= 0.6 is 0 Å². The van der Waals surface area contributed by atoms with Crippen molar-refractivity contribution in [2.24, 2.45) is 0 Å². The standard InChI is InChI=1S/C16H14FN3O/c17-14-9-5-4-8-13(14)15-10-20(19-18-15)16(11-21)12-6-2-1-3-7-12/h1-10,16,21H,11H2/t16-/m1/s1. The quantitative estimate of drug-likeness (QED) is 0.801. The number of hydrogen-bond acceptors (Lipinski definition) is 3. The Morgan fingerprint density at radius 3 is 2.48 bits per heavy atom. The minimum absolute atomic E-state index is 0.107. The predicted octanol–water partition coefficient (Wildman–Crippen LogP) is 2.67. The van der Waals surface area contributed by atoms with Gasteiger partial charge in [-0.25, -0.2) is 9.07 Å². The third kappa shape index (κ3) is 2.68. The maximum absolute atomic E-state index is 13.8. The van der Waals surface area contributed by atoms with Crippen LogP contribution in [0.4, 0.5) is 4.39 Å². The maximum Gasteiger partial charge on any atom is 0.132 e. The predicted molar refractivity (Wildman–Crippen MR) is 77.1 cm³/mol. The number of halogens is 1. The zero-order chi connectivity index (χ0) is 14.7. The van der Waals surface area contributed by atoms with Crippen LogP contribution in [0.5, 0.6) is 0 Å². The van der Waals surface area contributed by atoms with Crippen molar-refractivity contribution in [2.75, 3.05) is 6.61 Å². The van der Waals surface area contributed by atoms with Gasteiger partial charge in [0.15, 0.2) is 0 Å². The summed E-state index contributed by atoms with van der Waals surface area (Å²) in [6.45, 7) is -0.107. The molecule has 1 N–H and O–H groups in total. The van der Waals surface area contributed by atoms with Crippen LogP contribution in [0.3, 0.4) is 0 Å². The van der Waals surface area contributed by atoms with Crippen molar-refractivity contribution in [1.82, 2.24) is 15.0 Å². The van der Waals surface area contributed by atoms with E-state index in [-0.39, 0.29) is 18.5 Å². The van der Waals surface area contributed by atoms with Crippen molar-refractivity contribution >= 4 is 0 Å². The smallest absolute Gasteiger partial charge is 0.132 e. The molecule has 3 aromatic rings. The molecule has 0 amide bonds. The Hall–Kier alpha value is -2.53. The van der Waals surface area contributed by atoms with Gasteiger partial charge in [-0.15, -0.1) is 5.10 Å². The molecule has 4 nitrogen and oxygen atoms in total. The Labute approximate surface area is 121 Å². The number of hydrogen-bond donors (Lipinski definition) is 1. The Morgan fingerprint density at radius 1 is 1.05 bits per heavy atom. The first-order chi connectivity index (χ1) is 10.3. The summed E-state index contributed by atoms with van der Waals surface area (Å²) in [6, 6.07) is 15.6. The molecule has 0 saturated heterocycles. The Morgan fingerprint density at radius 2 is 1.76 bits per heavy atom. The molecule has 2 aromatic carbocycles. The van der Waals surface area contributed by atoms with E-state index in [1.165, 1.54) is 6.07 Å². The van der Waals surface area contributed by atoms with E-state index in [4.69, 9.17) is 0 Å². The third-order valence-corrected chi connectivity index (χ3v) is 3.34. The summed E-state index contributed by atoms with van der Waals surface area (Å²) in [5, 5.41) is 17.6. The Kier molecular flexibility index (Phi) is 3.75. The molecular formula is C16H14FN3O. The summed E-state index contributed by atoms with van der Waals surface area (Å²) in [5.41, 5.74) is 1.76. The lowest BCUT2D eigenvalue weighted by molar-refractivity contribution is 0.239. The molecule has 0 bridgehead atoms. The minimum atomic E-state index is -0.343. The topological polar surface area (TPSA) is 50.9 Å². The largest absolute Gasteiger partial charge is 0.394 e. The highest BCUT2D eigenvalue weighted by atomic mass is 19.1. The summed E-state index contributed by atoms with van der Waals surface area (Å²) in [6.07, 6.45) is 1.65. The summed E-state index contributed by atoms with van der Waals surface area (Å²) < 4.78 is 15.3. The van der Waals surface area contributed by atoms with E-state index in [0.29, 0.717) is 11.3 Å². The Bertz CT molecular complexity index is 727. The van der Waals surface area contributed by atoms with Gasteiger partial charge in [0, 0.05) is 5.56 Å². The molecule has 0 aliphatic heterocycles. The lowest BCUT2D eigenvalue weighted by atomic mass is 10.1. The van der Waals surface area contributed by atoms with E-state index in [0.717, 1.165) is 5.56 Å². The SMILES string of the molecule is OC[C@H](c1ccccc1)n1cc(-c2ccccc2F)nn1. The average Bonchev–Trinajstić information content (AvgIpc) is 2.99. The van der Waals surface area contributed by atoms with Gasteiger partial charge in [0.25, 0.3) is 0 Å². The highest BCUT2D eigenvalue weighted by molar-refractivity contribution is 5.58. The van der Waals surface area contributed by atoms with E-state index < -0.39 is 0 Å². The lowest BCUT2D eigenvalue weighted by Crippen LogP contribution is -2.15. The fourth-order valence-electron chi connectivity index (χ4n) is 2.24. The zero-order valence-electron chi connectivity index (χ0n) is 11.2. The third-order valence-electron chi connectivity index (χ3n) is 3.34. The molecule has 0 unspecified atom stereocenters. The van der Waals surface area contributed by atoms with Crippen LogP contribution < -0.4 is 0 Å². The molecule has 106 valence electrons. The Balaban J connectivity index is 1.96. The molecule has 0 aliphatic carbocycles. The van der Waals surface area contributed by atoms with Gasteiger partial charge in [0.05, 0.1) is 12.8 Å². The molecule has 0 radical (unpaired) electrons. The fraction of sp³-hybridized carbons (Fsp3) is 0.125. The number of benzene rings is 2. The highest BCUT2D eigenvalue weighted by Gasteiger charge is 2.16. The molecule has 21 heavy (non-hydrogen) atoms. The molecule has 0 aliphatic rings. The summed E-state index contributed by atoms with van der Waals surface area (Å²) in [4.78, 5) is 0. The van der Waals surface area contributed by atoms with Gasteiger partial charge in [-0.3, -0.25) is 0 Å². The van der Waals surface area contributed by atoms with Crippen LogP contribution in [-0.2, 0) is 0 Å². The summed E-state index contributed by atoms with van der Waals surface area (Å²) in [5.74, 6) is -0.343. The van der Waals surface area contributed by atoms with E-state index in [1.807, 2.05) is 30.3 Å². The second-order valence-electron chi connectivity index (χ2n) is 4.67. The molecule has 0 spiro atoms. The van der Waals surface area contributed by atoms with E-state index >= 15 is 0 Å². The van der Waals surface area contributed by atoms with Gasteiger partial charge >= 0.3 is 0 Å². The number of aliphatic hydroxyl groups excluding tert-OH is 1. The van der Waals surface area contributed by atoms with E-state index in [1.54, 1.807) is 29.1 Å².